The summed E-state index contributed by atoms with van der Waals surface area (Å²) < 4.78 is 0. The molecule has 1 aromatic heterocycles. The molecule has 1 unspecified atom stereocenters. The van der Waals surface area contributed by atoms with Crippen molar-refractivity contribution >= 4 is 46.6 Å². The first kappa shape index (κ1) is 18.8. The molecule has 24 heavy (non-hydrogen) atoms. The number of carboxylic acid groups (broad SMARTS) is 1. The number of hydrogen-bond donors (Lipinski definition) is 2. The largest absolute Gasteiger partial charge is 0.477 e. The van der Waals surface area contributed by atoms with E-state index in [1.54, 1.807) is 37.7 Å². The van der Waals surface area contributed by atoms with Gasteiger partial charge in [0.2, 0.25) is 0 Å². The summed E-state index contributed by atoms with van der Waals surface area (Å²) in [5, 5.41) is 13.0. The second-order valence-corrected chi connectivity index (χ2v) is 7.81. The zero-order chi connectivity index (χ0) is 17.9. The number of aromatic nitrogens is 1. The Bertz CT molecular complexity index is 777. The number of benzene rings is 1. The van der Waals surface area contributed by atoms with E-state index < -0.39 is 12.0 Å². The Morgan fingerprint density at radius 3 is 2.75 bits per heavy atom. The normalized spacial score (nSPS) is 12.0. The summed E-state index contributed by atoms with van der Waals surface area (Å²) in [6.45, 7) is 5.43. The summed E-state index contributed by atoms with van der Waals surface area (Å²) in [4.78, 5) is 29.0. The lowest BCUT2D eigenvalue weighted by Crippen LogP contribution is -2.27. The molecule has 1 amide bonds. The molecule has 5 nitrogen and oxygen atoms in total. The Hall–Kier alpha value is -1.57. The lowest BCUT2D eigenvalue weighted by molar-refractivity contribution is 0.0701. The molecule has 0 bridgehead atoms. The number of nitrogens with zero attached hydrogens (tertiary/aromatic N) is 1. The molecule has 0 fully saturated rings. The first-order chi connectivity index (χ1) is 11.3. The number of aromatic carboxylic acids is 1. The number of thiazole rings is 1. The van der Waals surface area contributed by atoms with Crippen molar-refractivity contribution in [2.75, 3.05) is 5.75 Å². The van der Waals surface area contributed by atoms with Crippen molar-refractivity contribution in [2.24, 2.45) is 0 Å². The highest BCUT2D eigenvalue weighted by atomic mass is 35.5. The number of hydrogen-bond acceptors (Lipinski definition) is 5. The Kier molecular flexibility index (Phi) is 6.26. The predicted molar refractivity (Wildman–Crippen MR) is 97.5 cm³/mol. The number of rotatable bonds is 6. The Balaban J connectivity index is 2.21. The lowest BCUT2D eigenvalue weighted by Gasteiger charge is -2.14. The van der Waals surface area contributed by atoms with Gasteiger partial charge in [-0.25, -0.2) is 9.78 Å². The van der Waals surface area contributed by atoms with Gasteiger partial charge in [-0.1, -0.05) is 18.5 Å². The topological polar surface area (TPSA) is 79.3 Å². The highest BCUT2D eigenvalue weighted by molar-refractivity contribution is 7.99. The third-order valence-electron chi connectivity index (χ3n) is 3.21. The molecular formula is C16H17ClN2O3S2. The number of carbonyl (C=O) groups is 2. The van der Waals surface area contributed by atoms with Gasteiger partial charge in [0.1, 0.15) is 9.88 Å². The minimum atomic E-state index is -1.01. The van der Waals surface area contributed by atoms with Crippen LogP contribution in [-0.4, -0.2) is 27.7 Å². The van der Waals surface area contributed by atoms with Gasteiger partial charge >= 0.3 is 5.97 Å². The predicted octanol–water partition coefficient (Wildman–Crippen LogP) is 4.41. The van der Waals surface area contributed by atoms with Gasteiger partial charge in [-0.2, -0.15) is 0 Å². The molecule has 0 aliphatic carbocycles. The smallest absolute Gasteiger partial charge is 0.347 e. The maximum atomic E-state index is 12.6. The fourth-order valence-corrected chi connectivity index (χ4v) is 3.96. The molecule has 0 aliphatic heterocycles. The molecule has 1 aromatic carbocycles. The molecule has 1 atom stereocenters. The molecule has 2 rings (SSSR count). The minimum Gasteiger partial charge on any atom is -0.477 e. The highest BCUT2D eigenvalue weighted by Crippen LogP contribution is 2.27. The number of amides is 1. The maximum absolute atomic E-state index is 12.6. The van der Waals surface area contributed by atoms with E-state index in [-0.39, 0.29) is 10.8 Å². The maximum Gasteiger partial charge on any atom is 0.347 e. The number of thioether (sulfide) groups is 1. The second kappa shape index (κ2) is 8.00. The minimum absolute atomic E-state index is 0.191. The summed E-state index contributed by atoms with van der Waals surface area (Å²) >= 11 is 8.64. The van der Waals surface area contributed by atoms with Gasteiger partial charge in [0, 0.05) is 9.92 Å². The van der Waals surface area contributed by atoms with Crippen molar-refractivity contribution in [2.45, 2.75) is 31.7 Å². The quantitative estimate of drug-likeness (QED) is 0.721. The van der Waals surface area contributed by atoms with Gasteiger partial charge in [-0.05, 0) is 37.8 Å². The van der Waals surface area contributed by atoms with E-state index in [4.69, 9.17) is 16.7 Å². The first-order valence-corrected chi connectivity index (χ1v) is 9.45. The molecular weight excluding hydrogens is 368 g/mol. The molecule has 1 heterocycles. The van der Waals surface area contributed by atoms with E-state index in [0.717, 1.165) is 22.0 Å². The fraction of sp³-hybridized carbons (Fsp3) is 0.312. The zero-order valence-electron chi connectivity index (χ0n) is 13.4. The number of halogens is 1. The molecule has 8 heteroatoms. The van der Waals surface area contributed by atoms with Crippen LogP contribution in [-0.2, 0) is 0 Å². The number of carboxylic acids is 1. The van der Waals surface area contributed by atoms with Gasteiger partial charge in [0.25, 0.3) is 5.91 Å². The van der Waals surface area contributed by atoms with E-state index in [1.807, 2.05) is 13.0 Å². The van der Waals surface area contributed by atoms with Gasteiger partial charge in [0.05, 0.1) is 17.3 Å². The number of aryl methyl sites for hydroxylation is 1. The Morgan fingerprint density at radius 1 is 1.46 bits per heavy atom. The molecule has 0 spiro atoms. The van der Waals surface area contributed by atoms with E-state index in [2.05, 4.69) is 10.3 Å². The summed E-state index contributed by atoms with van der Waals surface area (Å²) in [6, 6.07) is 4.82. The standard InChI is InChI=1S/C16H17ClN2O3S2/c1-4-23-12-6-5-10(17)7-11(12)14(20)18-9(3)15-19-8(2)13(24-15)16(21)22/h5-7,9H,4H2,1-3H3,(H,18,20)(H,21,22). The average Bonchev–Trinajstić information content (AvgIpc) is 2.91. The summed E-state index contributed by atoms with van der Waals surface area (Å²) in [5.41, 5.74) is 0.960. The van der Waals surface area contributed by atoms with Crippen LogP contribution in [0.5, 0.6) is 0 Å². The molecule has 2 aromatic rings. The van der Waals surface area contributed by atoms with Crippen LogP contribution in [0.25, 0.3) is 0 Å². The summed E-state index contributed by atoms with van der Waals surface area (Å²) in [6.07, 6.45) is 0. The van der Waals surface area contributed by atoms with E-state index in [1.165, 1.54) is 0 Å². The highest BCUT2D eigenvalue weighted by Gasteiger charge is 2.21. The van der Waals surface area contributed by atoms with Crippen LogP contribution in [0.1, 0.15) is 50.6 Å². The molecule has 0 saturated heterocycles. The van der Waals surface area contributed by atoms with Crippen LogP contribution in [0.4, 0.5) is 0 Å². The monoisotopic (exact) mass is 384 g/mol. The van der Waals surface area contributed by atoms with Crippen LogP contribution in [0, 0.1) is 6.92 Å². The van der Waals surface area contributed by atoms with Crippen molar-refractivity contribution in [3.05, 3.63) is 44.4 Å². The second-order valence-electron chi connectivity index (χ2n) is 5.04. The number of nitrogens with one attached hydrogen (secondary N) is 1. The third-order valence-corrected chi connectivity index (χ3v) is 5.73. The zero-order valence-corrected chi connectivity index (χ0v) is 15.8. The van der Waals surface area contributed by atoms with Crippen LogP contribution in [0.3, 0.4) is 0 Å². The van der Waals surface area contributed by atoms with Crippen LogP contribution in [0.2, 0.25) is 5.02 Å². The summed E-state index contributed by atoms with van der Waals surface area (Å²) in [7, 11) is 0. The third kappa shape index (κ3) is 4.28. The first-order valence-electron chi connectivity index (χ1n) is 7.27. The average molecular weight is 385 g/mol. The Morgan fingerprint density at radius 2 is 2.17 bits per heavy atom. The van der Waals surface area contributed by atoms with E-state index in [9.17, 15) is 9.59 Å². The van der Waals surface area contributed by atoms with Gasteiger partial charge in [0.15, 0.2) is 0 Å². The van der Waals surface area contributed by atoms with Gasteiger partial charge < -0.3 is 10.4 Å². The molecule has 0 radical (unpaired) electrons. The van der Waals surface area contributed by atoms with Crippen molar-refractivity contribution in [3.8, 4) is 0 Å². The molecule has 0 saturated carbocycles. The van der Waals surface area contributed by atoms with Crippen LogP contribution >= 0.6 is 34.7 Å². The Labute approximate surface area is 153 Å². The summed E-state index contributed by atoms with van der Waals surface area (Å²) in [5.74, 6) is -0.428. The van der Waals surface area contributed by atoms with Crippen molar-refractivity contribution in [3.63, 3.8) is 0 Å². The van der Waals surface area contributed by atoms with Crippen LogP contribution in [0.15, 0.2) is 23.1 Å². The van der Waals surface area contributed by atoms with Crippen molar-refractivity contribution in [1.82, 2.24) is 10.3 Å². The molecule has 2 N–H and O–H groups in total. The van der Waals surface area contributed by atoms with Crippen molar-refractivity contribution < 1.29 is 14.7 Å². The van der Waals surface area contributed by atoms with Crippen molar-refractivity contribution in [1.29, 1.82) is 0 Å². The lowest BCUT2D eigenvalue weighted by atomic mass is 10.2. The molecule has 128 valence electrons. The van der Waals surface area contributed by atoms with E-state index >= 15 is 0 Å². The van der Waals surface area contributed by atoms with Gasteiger partial charge in [-0.3, -0.25) is 4.79 Å². The van der Waals surface area contributed by atoms with Crippen LogP contribution < -0.4 is 5.32 Å². The molecule has 0 aliphatic rings. The number of carbonyl (C=O) groups excluding carboxylic acids is 1. The van der Waals surface area contributed by atoms with Gasteiger partial charge in [-0.15, -0.1) is 23.1 Å². The van der Waals surface area contributed by atoms with E-state index in [0.29, 0.717) is 21.3 Å². The fourth-order valence-electron chi connectivity index (χ4n) is 2.10. The SMILES string of the molecule is CCSc1ccc(Cl)cc1C(=O)NC(C)c1nc(C)c(C(=O)O)s1.